The predicted octanol–water partition coefficient (Wildman–Crippen LogP) is 1.31. The van der Waals surface area contributed by atoms with E-state index in [9.17, 15) is 18.0 Å². The van der Waals surface area contributed by atoms with Crippen molar-refractivity contribution in [2.75, 3.05) is 7.05 Å². The largest absolute Gasteiger partial charge is 0.480 e. The molecule has 0 bridgehead atoms. The zero-order valence-electron chi connectivity index (χ0n) is 13.8. The Hall–Kier alpha value is -1.93. The van der Waals surface area contributed by atoms with Crippen LogP contribution < -0.4 is 5.32 Å². The Kier molecular flexibility index (Phi) is 5.55. The van der Waals surface area contributed by atoms with Crippen molar-refractivity contribution in [2.24, 2.45) is 0 Å². The van der Waals surface area contributed by atoms with Gasteiger partial charge in [0, 0.05) is 18.7 Å². The van der Waals surface area contributed by atoms with Crippen LogP contribution in [-0.2, 0) is 14.8 Å². The minimum absolute atomic E-state index is 0.0720. The summed E-state index contributed by atoms with van der Waals surface area (Å²) in [5.74, 6) is -1.75. The molecule has 0 spiro atoms. The molecular formula is C15H22N2O5S. The fraction of sp³-hybridized carbons (Fsp3) is 0.467. The average molecular weight is 342 g/mol. The second-order valence-electron chi connectivity index (χ2n) is 6.02. The van der Waals surface area contributed by atoms with Crippen LogP contribution in [0.25, 0.3) is 0 Å². The number of carboxylic acid groups (broad SMARTS) is 1. The lowest BCUT2D eigenvalue weighted by Crippen LogP contribution is -2.49. The number of sulfonamides is 1. The summed E-state index contributed by atoms with van der Waals surface area (Å²) in [5, 5.41) is 11.4. The highest BCUT2D eigenvalue weighted by Gasteiger charge is 2.29. The van der Waals surface area contributed by atoms with Gasteiger partial charge in [-0.3, -0.25) is 4.79 Å². The summed E-state index contributed by atoms with van der Waals surface area (Å²) in [5.41, 5.74) is -1.23. The Morgan fingerprint density at radius 2 is 1.65 bits per heavy atom. The van der Waals surface area contributed by atoms with Crippen LogP contribution in [0.2, 0.25) is 0 Å². The van der Waals surface area contributed by atoms with Gasteiger partial charge in [0.05, 0.1) is 4.90 Å². The van der Waals surface area contributed by atoms with E-state index in [1.807, 2.05) is 0 Å². The smallest absolute Gasteiger partial charge is 0.328 e. The van der Waals surface area contributed by atoms with Gasteiger partial charge >= 0.3 is 5.97 Å². The van der Waals surface area contributed by atoms with E-state index in [0.717, 1.165) is 0 Å². The maximum Gasteiger partial charge on any atom is 0.328 e. The van der Waals surface area contributed by atoms with Crippen LogP contribution in [0.5, 0.6) is 0 Å². The second-order valence-corrected chi connectivity index (χ2v) is 8.02. The zero-order valence-corrected chi connectivity index (χ0v) is 14.6. The van der Waals surface area contributed by atoms with Gasteiger partial charge in [0.1, 0.15) is 5.54 Å². The first kappa shape index (κ1) is 19.1. The molecular weight excluding hydrogens is 320 g/mol. The van der Waals surface area contributed by atoms with Gasteiger partial charge in [-0.25, -0.2) is 13.2 Å². The van der Waals surface area contributed by atoms with Gasteiger partial charge in [-0.15, -0.1) is 0 Å². The molecule has 1 rings (SSSR count). The second kappa shape index (κ2) is 6.67. The predicted molar refractivity (Wildman–Crippen MR) is 85.7 cm³/mol. The molecule has 0 radical (unpaired) electrons. The third-order valence-corrected chi connectivity index (χ3v) is 5.53. The number of nitrogens with zero attached hydrogens (tertiary/aromatic N) is 1. The number of carbonyl (C=O) groups is 2. The summed E-state index contributed by atoms with van der Waals surface area (Å²) in [7, 11) is -2.14. The van der Waals surface area contributed by atoms with Gasteiger partial charge in [0.2, 0.25) is 10.0 Å². The lowest BCUT2D eigenvalue weighted by molar-refractivity contribution is -0.143. The van der Waals surface area contributed by atoms with E-state index in [-0.39, 0.29) is 16.5 Å². The standard InChI is InChI=1S/C15H22N2O5S/c1-10(2)17(5)23(21,22)12-8-6-11(7-9-12)13(18)16-15(3,4)14(19)20/h6-10H,1-5H3,(H,16,18)(H,19,20). The molecule has 0 atom stereocenters. The summed E-state index contributed by atoms with van der Waals surface area (Å²) < 4.78 is 25.9. The third kappa shape index (κ3) is 4.29. The number of carbonyl (C=O) groups excluding carboxylic acids is 1. The van der Waals surface area contributed by atoms with E-state index in [1.165, 1.54) is 49.5 Å². The summed E-state index contributed by atoms with van der Waals surface area (Å²) in [6, 6.07) is 5.18. The first-order valence-electron chi connectivity index (χ1n) is 7.03. The monoisotopic (exact) mass is 342 g/mol. The van der Waals surface area contributed by atoms with E-state index in [1.54, 1.807) is 13.8 Å². The fourth-order valence-electron chi connectivity index (χ4n) is 1.63. The first-order chi connectivity index (χ1) is 10.4. The van der Waals surface area contributed by atoms with Crippen LogP contribution >= 0.6 is 0 Å². The highest BCUT2D eigenvalue weighted by Crippen LogP contribution is 2.17. The first-order valence-corrected chi connectivity index (χ1v) is 8.47. The van der Waals surface area contributed by atoms with E-state index >= 15 is 0 Å². The van der Waals surface area contributed by atoms with Crippen LogP contribution in [0, 0.1) is 0 Å². The van der Waals surface area contributed by atoms with Crippen LogP contribution in [0.3, 0.4) is 0 Å². The van der Waals surface area contributed by atoms with E-state index in [0.29, 0.717) is 0 Å². The minimum Gasteiger partial charge on any atom is -0.480 e. The van der Waals surface area contributed by atoms with Gasteiger partial charge in [-0.05, 0) is 52.0 Å². The number of nitrogens with one attached hydrogen (secondary N) is 1. The molecule has 0 aliphatic heterocycles. The van der Waals surface area contributed by atoms with Crippen molar-refractivity contribution < 1.29 is 23.1 Å². The number of carboxylic acids is 1. The molecule has 0 saturated heterocycles. The third-order valence-electron chi connectivity index (χ3n) is 3.48. The van der Waals surface area contributed by atoms with Crippen LogP contribution in [0.4, 0.5) is 0 Å². The van der Waals surface area contributed by atoms with Crippen molar-refractivity contribution in [3.05, 3.63) is 29.8 Å². The molecule has 23 heavy (non-hydrogen) atoms. The van der Waals surface area contributed by atoms with E-state index in [4.69, 9.17) is 5.11 Å². The summed E-state index contributed by atoms with van der Waals surface area (Å²) in [6.45, 7) is 6.24. The number of rotatable bonds is 6. The molecule has 7 nitrogen and oxygen atoms in total. The maximum atomic E-state index is 12.3. The molecule has 2 N–H and O–H groups in total. The molecule has 0 saturated carbocycles. The van der Waals surface area contributed by atoms with Crippen molar-refractivity contribution in [1.82, 2.24) is 9.62 Å². The van der Waals surface area contributed by atoms with E-state index in [2.05, 4.69) is 5.32 Å². The quantitative estimate of drug-likeness (QED) is 0.811. The topological polar surface area (TPSA) is 104 Å². The van der Waals surface area contributed by atoms with Crippen molar-refractivity contribution in [3.8, 4) is 0 Å². The van der Waals surface area contributed by atoms with Gasteiger partial charge in [0.25, 0.3) is 5.91 Å². The molecule has 128 valence electrons. The lowest BCUT2D eigenvalue weighted by Gasteiger charge is -2.22. The Balaban J connectivity index is 3.02. The van der Waals surface area contributed by atoms with Crippen molar-refractivity contribution in [1.29, 1.82) is 0 Å². The summed E-state index contributed by atoms with van der Waals surface area (Å²) in [4.78, 5) is 23.1. The molecule has 8 heteroatoms. The molecule has 0 fully saturated rings. The van der Waals surface area contributed by atoms with Gasteiger partial charge in [-0.1, -0.05) is 0 Å². The molecule has 0 unspecified atom stereocenters. The highest BCUT2D eigenvalue weighted by molar-refractivity contribution is 7.89. The minimum atomic E-state index is -3.62. The fourth-order valence-corrected chi connectivity index (χ4v) is 3.00. The van der Waals surface area contributed by atoms with Crippen molar-refractivity contribution in [2.45, 2.75) is 44.2 Å². The van der Waals surface area contributed by atoms with Gasteiger partial charge < -0.3 is 10.4 Å². The number of hydrogen-bond donors (Lipinski definition) is 2. The molecule has 0 aliphatic carbocycles. The SMILES string of the molecule is CC(C)N(C)S(=O)(=O)c1ccc(C(=O)NC(C)(C)C(=O)O)cc1. The Bertz CT molecular complexity index is 693. The normalized spacial score (nSPS) is 12.5. The maximum absolute atomic E-state index is 12.3. The average Bonchev–Trinajstić information content (AvgIpc) is 2.45. The zero-order chi connectivity index (χ0) is 18.0. The van der Waals surface area contributed by atoms with Crippen LogP contribution in [0.15, 0.2) is 29.2 Å². The van der Waals surface area contributed by atoms with Crippen LogP contribution in [-0.4, -0.2) is 48.3 Å². The van der Waals surface area contributed by atoms with Gasteiger partial charge in [0.15, 0.2) is 0 Å². The molecule has 0 heterocycles. The van der Waals surface area contributed by atoms with Crippen LogP contribution in [0.1, 0.15) is 38.1 Å². The Labute approximate surface area is 136 Å². The summed E-state index contributed by atoms with van der Waals surface area (Å²) in [6.07, 6.45) is 0. The van der Waals surface area contributed by atoms with Crippen molar-refractivity contribution in [3.63, 3.8) is 0 Å². The number of hydrogen-bond acceptors (Lipinski definition) is 4. The highest BCUT2D eigenvalue weighted by atomic mass is 32.2. The number of aliphatic carboxylic acids is 1. The molecule has 0 aliphatic rings. The summed E-state index contributed by atoms with van der Waals surface area (Å²) >= 11 is 0. The molecule has 0 aromatic heterocycles. The van der Waals surface area contributed by atoms with Gasteiger partial charge in [-0.2, -0.15) is 4.31 Å². The lowest BCUT2D eigenvalue weighted by atomic mass is 10.1. The number of benzene rings is 1. The number of amides is 1. The molecule has 1 aromatic rings. The van der Waals surface area contributed by atoms with Crippen molar-refractivity contribution >= 4 is 21.9 Å². The molecule has 1 amide bonds. The molecule has 1 aromatic carbocycles. The Morgan fingerprint density at radius 1 is 1.17 bits per heavy atom. The van der Waals surface area contributed by atoms with E-state index < -0.39 is 27.4 Å². The Morgan fingerprint density at radius 3 is 2.04 bits per heavy atom.